The van der Waals surface area contributed by atoms with Gasteiger partial charge >= 0.3 is 12.0 Å². The van der Waals surface area contributed by atoms with Gasteiger partial charge in [-0.2, -0.15) is 0 Å². The number of urea groups is 1. The number of nitrogens with one attached hydrogen (secondary N) is 2. The van der Waals surface area contributed by atoms with Crippen molar-refractivity contribution in [2.45, 2.75) is 0 Å². The van der Waals surface area contributed by atoms with Crippen molar-refractivity contribution in [3.63, 3.8) is 0 Å². The number of carboxylic acid groups (broad SMARTS) is 1. The molecular formula is C9H8F2N2O4. The number of anilines is 1. The summed E-state index contributed by atoms with van der Waals surface area (Å²) in [7, 11) is 0. The maximum Gasteiger partial charge on any atom is 0.343 e. The maximum absolute atomic E-state index is 12.7. The molecule has 0 spiro atoms. The van der Waals surface area contributed by atoms with E-state index in [0.717, 1.165) is 18.2 Å². The normalized spacial score (nSPS) is 9.76. The molecule has 0 aromatic heterocycles. The van der Waals surface area contributed by atoms with E-state index >= 15 is 0 Å². The third-order valence-electron chi connectivity index (χ3n) is 1.54. The zero-order valence-electron chi connectivity index (χ0n) is 8.37. The van der Waals surface area contributed by atoms with Gasteiger partial charge in [0.2, 0.25) is 0 Å². The van der Waals surface area contributed by atoms with Crippen LogP contribution in [0.3, 0.4) is 0 Å². The Kier molecular flexibility index (Phi) is 4.35. The number of carboxylic acids is 1. The lowest BCUT2D eigenvalue weighted by Gasteiger charge is -2.06. The van der Waals surface area contributed by atoms with Crippen LogP contribution in [0.1, 0.15) is 0 Å². The van der Waals surface area contributed by atoms with E-state index in [1.54, 1.807) is 5.48 Å². The molecule has 0 aliphatic heterocycles. The highest BCUT2D eigenvalue weighted by molar-refractivity contribution is 5.88. The van der Waals surface area contributed by atoms with E-state index in [4.69, 9.17) is 5.11 Å². The molecule has 6 nitrogen and oxygen atoms in total. The van der Waals surface area contributed by atoms with Gasteiger partial charge in [-0.05, 0) is 12.1 Å². The Morgan fingerprint density at radius 2 is 2.00 bits per heavy atom. The van der Waals surface area contributed by atoms with Crippen molar-refractivity contribution in [1.82, 2.24) is 5.48 Å². The number of rotatable bonds is 4. The minimum atomic E-state index is -1.27. The second-order valence-corrected chi connectivity index (χ2v) is 2.87. The fourth-order valence-electron chi connectivity index (χ4n) is 0.894. The van der Waals surface area contributed by atoms with E-state index in [1.165, 1.54) is 0 Å². The Morgan fingerprint density at radius 1 is 1.29 bits per heavy atom. The van der Waals surface area contributed by atoms with Crippen molar-refractivity contribution in [3.8, 4) is 0 Å². The number of hydroxylamine groups is 1. The second kappa shape index (κ2) is 5.75. The molecule has 0 aliphatic rings. The third kappa shape index (κ3) is 4.43. The van der Waals surface area contributed by atoms with E-state index in [-0.39, 0.29) is 5.69 Å². The Balaban J connectivity index is 2.45. The van der Waals surface area contributed by atoms with Crippen molar-refractivity contribution in [2.24, 2.45) is 0 Å². The number of carbonyl (C=O) groups is 2. The lowest BCUT2D eigenvalue weighted by atomic mass is 10.3. The summed E-state index contributed by atoms with van der Waals surface area (Å²) >= 11 is 0. The Bertz CT molecular complexity index is 439. The number of hydrogen-bond acceptors (Lipinski definition) is 3. The molecule has 0 heterocycles. The number of amides is 2. The van der Waals surface area contributed by atoms with Gasteiger partial charge in [-0.25, -0.2) is 23.9 Å². The first-order valence-electron chi connectivity index (χ1n) is 4.34. The standard InChI is InChI=1S/C9H8F2N2O4/c10-6-2-1-5(3-7(6)11)12-9(16)13-17-4-8(14)15/h1-3H,4H2,(H,14,15)(H2,12,13,16). The first kappa shape index (κ1) is 12.8. The van der Waals surface area contributed by atoms with Crippen LogP contribution < -0.4 is 10.8 Å². The number of hydrogen-bond donors (Lipinski definition) is 3. The first-order chi connectivity index (χ1) is 7.99. The molecule has 0 saturated carbocycles. The summed E-state index contributed by atoms with van der Waals surface area (Å²) in [5, 5.41) is 10.3. The van der Waals surface area contributed by atoms with Gasteiger partial charge in [-0.15, -0.1) is 0 Å². The van der Waals surface area contributed by atoms with Gasteiger partial charge in [-0.1, -0.05) is 0 Å². The molecule has 0 atom stereocenters. The molecule has 17 heavy (non-hydrogen) atoms. The predicted octanol–water partition coefficient (Wildman–Crippen LogP) is 1.10. The smallest absolute Gasteiger partial charge is 0.343 e. The van der Waals surface area contributed by atoms with Crippen LogP contribution in [0.2, 0.25) is 0 Å². The summed E-state index contributed by atoms with van der Waals surface area (Å²) in [5.74, 6) is -3.43. The molecule has 8 heteroatoms. The van der Waals surface area contributed by atoms with Crippen LogP contribution >= 0.6 is 0 Å². The molecule has 0 radical (unpaired) electrons. The van der Waals surface area contributed by atoms with Crippen molar-refractivity contribution in [2.75, 3.05) is 11.9 Å². The average molecular weight is 246 g/mol. The molecule has 1 aromatic rings. The molecule has 0 bridgehead atoms. The topological polar surface area (TPSA) is 87.7 Å². The molecule has 3 N–H and O–H groups in total. The van der Waals surface area contributed by atoms with E-state index < -0.39 is 30.2 Å². The van der Waals surface area contributed by atoms with Crippen molar-refractivity contribution in [3.05, 3.63) is 29.8 Å². The summed E-state index contributed by atoms with van der Waals surface area (Å²) in [5.41, 5.74) is 1.75. The number of carbonyl (C=O) groups excluding carboxylic acids is 1. The molecule has 1 rings (SSSR count). The fourth-order valence-corrected chi connectivity index (χ4v) is 0.894. The summed E-state index contributed by atoms with van der Waals surface area (Å²) in [4.78, 5) is 25.3. The lowest BCUT2D eigenvalue weighted by molar-refractivity contribution is -0.143. The van der Waals surface area contributed by atoms with Gasteiger partial charge in [0.1, 0.15) is 0 Å². The minimum Gasteiger partial charge on any atom is -0.479 e. The summed E-state index contributed by atoms with van der Waals surface area (Å²) in [6, 6.07) is 1.84. The minimum absolute atomic E-state index is 0.000301. The summed E-state index contributed by atoms with van der Waals surface area (Å²) in [6.07, 6.45) is 0. The van der Waals surface area contributed by atoms with Crippen LogP contribution in [0.25, 0.3) is 0 Å². The highest BCUT2D eigenvalue weighted by Crippen LogP contribution is 2.12. The van der Waals surface area contributed by atoms with Crippen LogP contribution in [0.15, 0.2) is 18.2 Å². The van der Waals surface area contributed by atoms with Crippen molar-refractivity contribution in [1.29, 1.82) is 0 Å². The van der Waals surface area contributed by atoms with Gasteiger partial charge in [0.15, 0.2) is 18.2 Å². The van der Waals surface area contributed by atoms with Crippen LogP contribution in [-0.4, -0.2) is 23.7 Å². The fraction of sp³-hybridized carbons (Fsp3) is 0.111. The van der Waals surface area contributed by atoms with Crippen molar-refractivity contribution >= 4 is 17.7 Å². The number of benzene rings is 1. The monoisotopic (exact) mass is 246 g/mol. The third-order valence-corrected chi connectivity index (χ3v) is 1.54. The largest absolute Gasteiger partial charge is 0.479 e. The lowest BCUT2D eigenvalue weighted by Crippen LogP contribution is -2.30. The Morgan fingerprint density at radius 3 is 2.59 bits per heavy atom. The van der Waals surface area contributed by atoms with E-state index in [0.29, 0.717) is 0 Å². The molecule has 0 fully saturated rings. The van der Waals surface area contributed by atoms with Gasteiger partial charge in [0, 0.05) is 11.8 Å². The Labute approximate surface area is 94.1 Å². The highest BCUT2D eigenvalue weighted by atomic mass is 19.2. The van der Waals surface area contributed by atoms with Gasteiger partial charge in [-0.3, -0.25) is 4.84 Å². The van der Waals surface area contributed by atoms with Gasteiger partial charge in [0.05, 0.1) is 0 Å². The van der Waals surface area contributed by atoms with Gasteiger partial charge in [0.25, 0.3) is 0 Å². The van der Waals surface area contributed by atoms with Crippen LogP contribution in [-0.2, 0) is 9.63 Å². The van der Waals surface area contributed by atoms with E-state index in [1.807, 2.05) is 0 Å². The first-order valence-corrected chi connectivity index (χ1v) is 4.34. The zero-order valence-corrected chi connectivity index (χ0v) is 8.37. The van der Waals surface area contributed by atoms with Crippen LogP contribution in [0.5, 0.6) is 0 Å². The molecule has 0 saturated heterocycles. The quantitative estimate of drug-likeness (QED) is 0.694. The van der Waals surface area contributed by atoms with Gasteiger partial charge < -0.3 is 10.4 Å². The predicted molar refractivity (Wildman–Crippen MR) is 52.1 cm³/mol. The number of halogens is 2. The van der Waals surface area contributed by atoms with Crippen LogP contribution in [0.4, 0.5) is 19.3 Å². The van der Waals surface area contributed by atoms with E-state index in [2.05, 4.69) is 10.2 Å². The molecule has 2 amide bonds. The van der Waals surface area contributed by atoms with Crippen molar-refractivity contribution < 1.29 is 28.3 Å². The molecule has 1 aromatic carbocycles. The van der Waals surface area contributed by atoms with Crippen LogP contribution in [0, 0.1) is 11.6 Å². The molecule has 92 valence electrons. The molecule has 0 unspecified atom stereocenters. The molecule has 0 aliphatic carbocycles. The van der Waals surface area contributed by atoms with E-state index in [9.17, 15) is 18.4 Å². The molecular weight excluding hydrogens is 238 g/mol. The summed E-state index contributed by atoms with van der Waals surface area (Å²) in [6.45, 7) is -0.717. The summed E-state index contributed by atoms with van der Waals surface area (Å²) < 4.78 is 25.3. The highest BCUT2D eigenvalue weighted by Gasteiger charge is 2.06. The Hall–Kier alpha value is -2.22. The zero-order chi connectivity index (χ0) is 12.8. The number of aliphatic carboxylic acids is 1. The average Bonchev–Trinajstić information content (AvgIpc) is 2.23. The second-order valence-electron chi connectivity index (χ2n) is 2.87. The maximum atomic E-state index is 12.7. The SMILES string of the molecule is O=C(O)CONC(=O)Nc1ccc(F)c(F)c1.